The van der Waals surface area contributed by atoms with E-state index < -0.39 is 11.9 Å². The van der Waals surface area contributed by atoms with Gasteiger partial charge in [0.05, 0.1) is 24.8 Å². The van der Waals surface area contributed by atoms with Crippen molar-refractivity contribution < 1.29 is 14.6 Å². The standard InChI is InChI=1S/C15H19N3O3/c1-10-3-4-14-16-11(7-18(14)5-10)6-17(2)13-9-21-8-12(13)15(19)20/h3-5,7,12-13H,6,8-9H2,1-2H3,(H,19,20). The molecule has 112 valence electrons. The van der Waals surface area contributed by atoms with Gasteiger partial charge in [-0.25, -0.2) is 4.98 Å². The van der Waals surface area contributed by atoms with E-state index in [0.717, 1.165) is 11.3 Å². The Bertz CT molecular complexity index is 667. The second-order valence-corrected chi connectivity index (χ2v) is 5.67. The number of carboxylic acid groups (broad SMARTS) is 1. The summed E-state index contributed by atoms with van der Waals surface area (Å²) in [6.07, 6.45) is 4.02. The van der Waals surface area contributed by atoms with E-state index in [2.05, 4.69) is 4.98 Å². The first-order valence-corrected chi connectivity index (χ1v) is 6.99. The molecule has 2 aromatic rings. The Morgan fingerprint density at radius 3 is 3.05 bits per heavy atom. The Balaban J connectivity index is 1.76. The van der Waals surface area contributed by atoms with E-state index in [9.17, 15) is 9.90 Å². The van der Waals surface area contributed by atoms with Gasteiger partial charge in [-0.05, 0) is 25.6 Å². The quantitative estimate of drug-likeness (QED) is 0.915. The molecule has 1 saturated heterocycles. The van der Waals surface area contributed by atoms with Gasteiger partial charge in [0.2, 0.25) is 0 Å². The number of fused-ring (bicyclic) bond motifs is 1. The molecular formula is C15H19N3O3. The van der Waals surface area contributed by atoms with Crippen molar-refractivity contribution in [2.45, 2.75) is 19.5 Å². The predicted octanol–water partition coefficient (Wildman–Crippen LogP) is 1.17. The predicted molar refractivity (Wildman–Crippen MR) is 77.1 cm³/mol. The average molecular weight is 289 g/mol. The highest BCUT2D eigenvalue weighted by Crippen LogP contribution is 2.20. The van der Waals surface area contributed by atoms with Crippen LogP contribution in [0.25, 0.3) is 5.65 Å². The van der Waals surface area contributed by atoms with E-state index >= 15 is 0 Å². The number of hydrogen-bond donors (Lipinski definition) is 1. The monoisotopic (exact) mass is 289 g/mol. The van der Waals surface area contributed by atoms with Crippen LogP contribution in [0.4, 0.5) is 0 Å². The lowest BCUT2D eigenvalue weighted by atomic mass is 10.0. The van der Waals surface area contributed by atoms with E-state index in [0.29, 0.717) is 13.2 Å². The van der Waals surface area contributed by atoms with Crippen LogP contribution < -0.4 is 0 Å². The van der Waals surface area contributed by atoms with Gasteiger partial charge < -0.3 is 14.2 Å². The van der Waals surface area contributed by atoms with Gasteiger partial charge in [0, 0.05) is 25.0 Å². The van der Waals surface area contributed by atoms with Crippen LogP contribution in [0.5, 0.6) is 0 Å². The molecule has 1 aliphatic heterocycles. The molecule has 2 unspecified atom stereocenters. The van der Waals surface area contributed by atoms with Crippen molar-refractivity contribution in [3.8, 4) is 0 Å². The smallest absolute Gasteiger partial charge is 0.310 e. The minimum absolute atomic E-state index is 0.103. The molecule has 0 aromatic carbocycles. The highest BCUT2D eigenvalue weighted by molar-refractivity contribution is 5.71. The van der Waals surface area contributed by atoms with Crippen LogP contribution in [0, 0.1) is 12.8 Å². The topological polar surface area (TPSA) is 67.1 Å². The van der Waals surface area contributed by atoms with Crippen LogP contribution in [0.15, 0.2) is 24.5 Å². The summed E-state index contributed by atoms with van der Waals surface area (Å²) in [6.45, 7) is 3.39. The van der Waals surface area contributed by atoms with Crippen molar-refractivity contribution >= 4 is 11.6 Å². The van der Waals surface area contributed by atoms with Gasteiger partial charge in [-0.2, -0.15) is 0 Å². The number of likely N-dealkylation sites (N-methyl/N-ethyl adjacent to an activating group) is 1. The second kappa shape index (κ2) is 5.46. The number of aryl methyl sites for hydroxylation is 1. The Morgan fingerprint density at radius 1 is 1.48 bits per heavy atom. The lowest BCUT2D eigenvalue weighted by Crippen LogP contribution is -2.40. The molecule has 0 aliphatic carbocycles. The Kier molecular flexibility index (Phi) is 3.65. The maximum atomic E-state index is 11.2. The Hall–Kier alpha value is -1.92. The fraction of sp³-hybridized carbons (Fsp3) is 0.467. The first-order valence-electron chi connectivity index (χ1n) is 6.99. The van der Waals surface area contributed by atoms with Crippen molar-refractivity contribution in [2.24, 2.45) is 5.92 Å². The number of rotatable bonds is 4. The summed E-state index contributed by atoms with van der Waals surface area (Å²) in [5.74, 6) is -1.26. The molecule has 1 fully saturated rings. The number of carbonyl (C=O) groups is 1. The Labute approximate surface area is 123 Å². The van der Waals surface area contributed by atoms with Gasteiger partial charge in [-0.1, -0.05) is 6.07 Å². The largest absolute Gasteiger partial charge is 0.481 e. The molecule has 1 N–H and O–H groups in total. The number of pyridine rings is 1. The van der Waals surface area contributed by atoms with Crippen molar-refractivity contribution in [2.75, 3.05) is 20.3 Å². The van der Waals surface area contributed by atoms with Crippen molar-refractivity contribution in [1.82, 2.24) is 14.3 Å². The van der Waals surface area contributed by atoms with Crippen LogP contribution in [0.2, 0.25) is 0 Å². The maximum absolute atomic E-state index is 11.2. The SMILES string of the molecule is Cc1ccc2nc(CN(C)C3COCC3C(=O)O)cn2c1. The summed E-state index contributed by atoms with van der Waals surface area (Å²) >= 11 is 0. The van der Waals surface area contributed by atoms with Crippen molar-refractivity contribution in [1.29, 1.82) is 0 Å². The summed E-state index contributed by atoms with van der Waals surface area (Å²) in [4.78, 5) is 17.8. The molecule has 2 atom stereocenters. The molecule has 6 nitrogen and oxygen atoms in total. The lowest BCUT2D eigenvalue weighted by molar-refractivity contribution is -0.143. The third kappa shape index (κ3) is 2.77. The molecule has 0 spiro atoms. The van der Waals surface area contributed by atoms with E-state index in [1.165, 1.54) is 5.56 Å². The highest BCUT2D eigenvalue weighted by Gasteiger charge is 2.36. The summed E-state index contributed by atoms with van der Waals surface area (Å²) in [5.41, 5.74) is 3.01. The lowest BCUT2D eigenvalue weighted by Gasteiger charge is -2.25. The highest BCUT2D eigenvalue weighted by atomic mass is 16.5. The summed E-state index contributed by atoms with van der Waals surface area (Å²) < 4.78 is 7.31. The molecule has 0 bridgehead atoms. The number of imidazole rings is 1. The zero-order valence-corrected chi connectivity index (χ0v) is 12.2. The van der Waals surface area contributed by atoms with Crippen molar-refractivity contribution in [3.63, 3.8) is 0 Å². The van der Waals surface area contributed by atoms with E-state index in [1.54, 1.807) is 0 Å². The average Bonchev–Trinajstić information content (AvgIpc) is 3.03. The van der Waals surface area contributed by atoms with E-state index in [1.807, 2.05) is 47.8 Å². The first-order chi connectivity index (χ1) is 10.0. The van der Waals surface area contributed by atoms with Gasteiger partial charge in [-0.3, -0.25) is 9.69 Å². The molecule has 0 saturated carbocycles. The minimum atomic E-state index is -0.796. The van der Waals surface area contributed by atoms with E-state index in [4.69, 9.17) is 4.74 Å². The van der Waals surface area contributed by atoms with Crippen molar-refractivity contribution in [3.05, 3.63) is 35.8 Å². The number of carboxylic acids is 1. The van der Waals surface area contributed by atoms with Gasteiger partial charge in [-0.15, -0.1) is 0 Å². The van der Waals surface area contributed by atoms with Gasteiger partial charge in [0.1, 0.15) is 5.65 Å². The van der Waals surface area contributed by atoms with E-state index in [-0.39, 0.29) is 12.6 Å². The van der Waals surface area contributed by atoms with Crippen LogP contribution in [-0.2, 0) is 16.1 Å². The molecule has 3 heterocycles. The number of aromatic nitrogens is 2. The molecule has 0 radical (unpaired) electrons. The molecule has 2 aromatic heterocycles. The maximum Gasteiger partial charge on any atom is 0.310 e. The molecule has 0 amide bonds. The van der Waals surface area contributed by atoms with Crippen LogP contribution in [0.3, 0.4) is 0 Å². The summed E-state index contributed by atoms with van der Waals surface area (Å²) in [5, 5.41) is 9.22. The van der Waals surface area contributed by atoms with Crippen LogP contribution in [0.1, 0.15) is 11.3 Å². The van der Waals surface area contributed by atoms with Crippen LogP contribution in [-0.4, -0.2) is 51.7 Å². The Morgan fingerprint density at radius 2 is 2.29 bits per heavy atom. The molecule has 6 heteroatoms. The third-order valence-electron chi connectivity index (χ3n) is 3.99. The minimum Gasteiger partial charge on any atom is -0.481 e. The number of ether oxygens (including phenoxy) is 1. The number of nitrogens with zero attached hydrogens (tertiary/aromatic N) is 3. The molecule has 3 rings (SSSR count). The zero-order valence-electron chi connectivity index (χ0n) is 12.2. The normalized spacial score (nSPS) is 22.2. The number of hydrogen-bond acceptors (Lipinski definition) is 4. The fourth-order valence-electron chi connectivity index (χ4n) is 2.82. The third-order valence-corrected chi connectivity index (χ3v) is 3.99. The summed E-state index contributed by atoms with van der Waals surface area (Å²) in [7, 11) is 1.92. The summed E-state index contributed by atoms with van der Waals surface area (Å²) in [6, 6.07) is 3.91. The van der Waals surface area contributed by atoms with Gasteiger partial charge in [0.15, 0.2) is 0 Å². The zero-order chi connectivity index (χ0) is 15.0. The molecule has 21 heavy (non-hydrogen) atoms. The first kappa shape index (κ1) is 14.0. The fourth-order valence-corrected chi connectivity index (χ4v) is 2.82. The molecule has 1 aliphatic rings. The van der Waals surface area contributed by atoms with Gasteiger partial charge in [0.25, 0.3) is 0 Å². The second-order valence-electron chi connectivity index (χ2n) is 5.67. The van der Waals surface area contributed by atoms with Gasteiger partial charge >= 0.3 is 5.97 Å². The molecular weight excluding hydrogens is 270 g/mol. The number of aliphatic carboxylic acids is 1. The van der Waals surface area contributed by atoms with Crippen LogP contribution >= 0.6 is 0 Å².